The van der Waals surface area contributed by atoms with Crippen LogP contribution < -0.4 is 10.2 Å². The molecule has 0 saturated heterocycles. The van der Waals surface area contributed by atoms with Gasteiger partial charge in [0.2, 0.25) is 15.0 Å². The van der Waals surface area contributed by atoms with Crippen LogP contribution in [-0.2, 0) is 22.9 Å². The first-order valence-corrected chi connectivity index (χ1v) is 12.9. The molecule has 4 rings (SSSR count). The van der Waals surface area contributed by atoms with Gasteiger partial charge in [-0.3, -0.25) is 4.79 Å². The van der Waals surface area contributed by atoms with E-state index < -0.39 is 20.9 Å². The van der Waals surface area contributed by atoms with Crippen molar-refractivity contribution in [1.82, 2.24) is 9.97 Å². The molecule has 0 radical (unpaired) electrons. The monoisotopic (exact) mass is 490 g/mol. The van der Waals surface area contributed by atoms with Gasteiger partial charge in [-0.25, -0.2) is 18.4 Å². The van der Waals surface area contributed by atoms with Crippen LogP contribution in [-0.4, -0.2) is 30.5 Å². The van der Waals surface area contributed by atoms with Gasteiger partial charge >= 0.3 is 0 Å². The second-order valence-electron chi connectivity index (χ2n) is 8.30. The molecule has 35 heavy (non-hydrogen) atoms. The second-order valence-corrected chi connectivity index (χ2v) is 10.2. The van der Waals surface area contributed by atoms with Crippen molar-refractivity contribution in [1.29, 1.82) is 0 Å². The standard InChI is InChI=1S/C26H26N4O4S/c1-18-9-7-10-19(2)23(18)28-25(31)24-22(15-27-26(29-24)35(3,32)33)30(17-21-13-8-14-34-21)16-20-11-5-4-6-12-20/h4-15H,16-17H2,1-3H3,(H,28,31). The van der Waals surface area contributed by atoms with Crippen molar-refractivity contribution in [3.8, 4) is 0 Å². The molecule has 0 atom stereocenters. The molecule has 0 spiro atoms. The second kappa shape index (κ2) is 10.1. The Morgan fingerprint density at radius 1 is 0.971 bits per heavy atom. The summed E-state index contributed by atoms with van der Waals surface area (Å²) in [6, 6.07) is 19.0. The summed E-state index contributed by atoms with van der Waals surface area (Å²) < 4.78 is 30.0. The number of sulfone groups is 1. The van der Waals surface area contributed by atoms with Crippen LogP contribution in [0.4, 0.5) is 11.4 Å². The van der Waals surface area contributed by atoms with E-state index in [9.17, 15) is 13.2 Å². The number of furan rings is 1. The highest BCUT2D eigenvalue weighted by molar-refractivity contribution is 7.90. The first kappa shape index (κ1) is 24.2. The van der Waals surface area contributed by atoms with Crippen molar-refractivity contribution in [2.75, 3.05) is 16.5 Å². The normalized spacial score (nSPS) is 11.3. The number of rotatable bonds is 8. The lowest BCUT2D eigenvalue weighted by molar-refractivity contribution is 0.102. The van der Waals surface area contributed by atoms with E-state index in [4.69, 9.17) is 4.42 Å². The van der Waals surface area contributed by atoms with E-state index in [-0.39, 0.29) is 5.69 Å². The maximum absolute atomic E-state index is 13.5. The lowest BCUT2D eigenvalue weighted by Crippen LogP contribution is -2.27. The molecule has 2 heterocycles. The highest BCUT2D eigenvalue weighted by atomic mass is 32.2. The minimum Gasteiger partial charge on any atom is -0.467 e. The van der Waals surface area contributed by atoms with Gasteiger partial charge in [0.05, 0.1) is 24.7 Å². The summed E-state index contributed by atoms with van der Waals surface area (Å²) in [6.07, 6.45) is 3.97. The number of aromatic nitrogens is 2. The Balaban J connectivity index is 1.81. The van der Waals surface area contributed by atoms with Crippen LogP contribution in [0.3, 0.4) is 0 Å². The van der Waals surface area contributed by atoms with E-state index in [0.29, 0.717) is 30.2 Å². The van der Waals surface area contributed by atoms with Gasteiger partial charge in [-0.2, -0.15) is 0 Å². The first-order valence-electron chi connectivity index (χ1n) is 11.0. The molecule has 0 unspecified atom stereocenters. The highest BCUT2D eigenvalue weighted by Gasteiger charge is 2.25. The van der Waals surface area contributed by atoms with E-state index in [1.165, 1.54) is 6.20 Å². The van der Waals surface area contributed by atoms with Crippen LogP contribution in [0, 0.1) is 13.8 Å². The smallest absolute Gasteiger partial charge is 0.276 e. The number of anilines is 2. The van der Waals surface area contributed by atoms with Crippen LogP contribution in [0.15, 0.2) is 82.7 Å². The van der Waals surface area contributed by atoms with E-state index in [1.54, 1.807) is 12.3 Å². The minimum absolute atomic E-state index is 0.0365. The molecule has 1 N–H and O–H groups in total. The number of aryl methyl sites for hydroxylation is 2. The van der Waals surface area contributed by atoms with Gasteiger partial charge in [0.1, 0.15) is 5.76 Å². The highest BCUT2D eigenvalue weighted by Crippen LogP contribution is 2.27. The predicted molar refractivity (Wildman–Crippen MR) is 134 cm³/mol. The average molecular weight is 491 g/mol. The summed E-state index contributed by atoms with van der Waals surface area (Å²) in [4.78, 5) is 23.7. The van der Waals surface area contributed by atoms with Gasteiger partial charge in [0, 0.05) is 18.5 Å². The van der Waals surface area contributed by atoms with Crippen molar-refractivity contribution >= 4 is 27.1 Å². The van der Waals surface area contributed by atoms with Crippen LogP contribution in [0.2, 0.25) is 0 Å². The van der Waals surface area contributed by atoms with Gasteiger partial charge < -0.3 is 14.6 Å². The van der Waals surface area contributed by atoms with Crippen LogP contribution in [0.25, 0.3) is 0 Å². The molecule has 8 nitrogen and oxygen atoms in total. The lowest BCUT2D eigenvalue weighted by atomic mass is 10.1. The molecule has 2 aromatic heterocycles. The Labute approximate surface area is 204 Å². The molecule has 0 aliphatic rings. The summed E-state index contributed by atoms with van der Waals surface area (Å²) in [5.41, 5.74) is 3.77. The topological polar surface area (TPSA) is 105 Å². The fraction of sp³-hybridized carbons (Fsp3) is 0.192. The van der Waals surface area contributed by atoms with Gasteiger partial charge in [0.25, 0.3) is 5.91 Å². The number of amides is 1. The zero-order valence-electron chi connectivity index (χ0n) is 19.7. The number of hydrogen-bond donors (Lipinski definition) is 1. The predicted octanol–water partition coefficient (Wildman–Crippen LogP) is 4.55. The third-order valence-electron chi connectivity index (χ3n) is 5.50. The summed E-state index contributed by atoms with van der Waals surface area (Å²) in [6.45, 7) is 4.54. The van der Waals surface area contributed by atoms with Crippen LogP contribution in [0.5, 0.6) is 0 Å². The molecule has 0 fully saturated rings. The molecular weight excluding hydrogens is 464 g/mol. The third-order valence-corrected chi connectivity index (χ3v) is 6.36. The fourth-order valence-electron chi connectivity index (χ4n) is 3.74. The number of nitrogens with one attached hydrogen (secondary N) is 1. The summed E-state index contributed by atoms with van der Waals surface area (Å²) >= 11 is 0. The molecule has 4 aromatic rings. The SMILES string of the molecule is Cc1cccc(C)c1NC(=O)c1nc(S(C)(=O)=O)ncc1N(Cc1ccccc1)Cc1ccco1. The Morgan fingerprint density at radius 2 is 1.69 bits per heavy atom. The molecule has 0 bridgehead atoms. The molecule has 0 saturated carbocycles. The van der Waals surface area contributed by atoms with Crippen molar-refractivity contribution in [2.45, 2.75) is 32.1 Å². The molecule has 180 valence electrons. The Bertz CT molecular complexity index is 1420. The van der Waals surface area contributed by atoms with Gasteiger partial charge in [-0.15, -0.1) is 0 Å². The summed E-state index contributed by atoms with van der Waals surface area (Å²) in [5, 5.41) is 2.51. The lowest BCUT2D eigenvalue weighted by Gasteiger charge is -2.25. The Kier molecular flexibility index (Phi) is 6.97. The number of carbonyl (C=O) groups excluding carboxylic acids is 1. The summed E-state index contributed by atoms with van der Waals surface area (Å²) in [5.74, 6) is 0.149. The van der Waals surface area contributed by atoms with Crippen LogP contribution >= 0.6 is 0 Å². The molecule has 9 heteroatoms. The van der Waals surface area contributed by atoms with Crippen molar-refractivity contribution in [2.24, 2.45) is 0 Å². The largest absolute Gasteiger partial charge is 0.467 e. The Hall–Kier alpha value is -3.98. The van der Waals surface area contributed by atoms with Crippen molar-refractivity contribution in [3.63, 3.8) is 0 Å². The van der Waals surface area contributed by atoms with Crippen molar-refractivity contribution in [3.05, 3.63) is 101 Å². The zero-order valence-corrected chi connectivity index (χ0v) is 20.5. The molecule has 0 aliphatic heterocycles. The van der Waals surface area contributed by atoms with Gasteiger partial charge in [0.15, 0.2) is 5.69 Å². The van der Waals surface area contributed by atoms with Gasteiger partial charge in [-0.05, 0) is 42.7 Å². The minimum atomic E-state index is -3.74. The average Bonchev–Trinajstić information content (AvgIpc) is 3.34. The van der Waals surface area contributed by atoms with E-state index in [0.717, 1.165) is 22.9 Å². The number of nitrogens with zero attached hydrogens (tertiary/aromatic N) is 3. The van der Waals surface area contributed by atoms with E-state index in [1.807, 2.05) is 73.3 Å². The molecule has 0 aliphatic carbocycles. The number of hydrogen-bond acceptors (Lipinski definition) is 7. The number of benzene rings is 2. The first-order chi connectivity index (χ1) is 16.7. The van der Waals surface area contributed by atoms with E-state index >= 15 is 0 Å². The quantitative estimate of drug-likeness (QED) is 0.361. The van der Waals surface area contributed by atoms with E-state index in [2.05, 4.69) is 15.3 Å². The fourth-order valence-corrected chi connectivity index (χ4v) is 4.24. The van der Waals surface area contributed by atoms with Crippen molar-refractivity contribution < 1.29 is 17.6 Å². The zero-order chi connectivity index (χ0) is 25.0. The Morgan fingerprint density at radius 3 is 2.31 bits per heavy atom. The number of para-hydroxylation sites is 1. The maximum atomic E-state index is 13.5. The molecule has 2 aromatic carbocycles. The van der Waals surface area contributed by atoms with Gasteiger partial charge in [-0.1, -0.05) is 48.5 Å². The van der Waals surface area contributed by atoms with Crippen LogP contribution in [0.1, 0.15) is 32.9 Å². The molecular formula is C26H26N4O4S. The summed E-state index contributed by atoms with van der Waals surface area (Å²) in [7, 11) is -3.74. The number of carbonyl (C=O) groups is 1. The maximum Gasteiger partial charge on any atom is 0.276 e. The third kappa shape index (κ3) is 5.75. The molecule has 1 amide bonds.